The van der Waals surface area contributed by atoms with E-state index in [1.807, 2.05) is 48.7 Å². The van der Waals surface area contributed by atoms with Crippen LogP contribution in [0.1, 0.15) is 11.1 Å². The van der Waals surface area contributed by atoms with E-state index in [9.17, 15) is 10.1 Å². The standard InChI is InChI=1S/C21H18N4O/c22-13-16-5-1-4-8-20(16)25-12-11-24(15-21(25)26)14-17-9-10-23-19-7-3-2-6-18(17)19/h1-10H,11-12,14-15H2. The summed E-state index contributed by atoms with van der Waals surface area (Å²) in [5.74, 6) is 0.0253. The predicted octanol–water partition coefficient (Wildman–Crippen LogP) is 2.96. The molecule has 0 aliphatic carbocycles. The number of fused-ring (bicyclic) bond motifs is 1. The molecule has 1 saturated heterocycles. The van der Waals surface area contributed by atoms with Crippen LogP contribution in [0.5, 0.6) is 0 Å². The molecule has 2 aromatic carbocycles. The number of benzene rings is 2. The average Bonchev–Trinajstić information content (AvgIpc) is 2.68. The van der Waals surface area contributed by atoms with E-state index < -0.39 is 0 Å². The van der Waals surface area contributed by atoms with E-state index in [-0.39, 0.29) is 5.91 Å². The molecule has 0 atom stereocenters. The number of para-hydroxylation sites is 2. The predicted molar refractivity (Wildman–Crippen MR) is 101 cm³/mol. The van der Waals surface area contributed by atoms with Gasteiger partial charge in [-0.2, -0.15) is 5.26 Å². The summed E-state index contributed by atoms with van der Waals surface area (Å²) in [5, 5.41) is 10.4. The van der Waals surface area contributed by atoms with Crippen LogP contribution in [-0.2, 0) is 11.3 Å². The summed E-state index contributed by atoms with van der Waals surface area (Å²) < 4.78 is 0. The number of anilines is 1. The summed E-state index contributed by atoms with van der Waals surface area (Å²) in [7, 11) is 0. The van der Waals surface area contributed by atoms with Gasteiger partial charge in [0.05, 0.1) is 23.3 Å². The first-order valence-electron chi connectivity index (χ1n) is 8.61. The summed E-state index contributed by atoms with van der Waals surface area (Å²) in [6, 6.07) is 19.5. The quantitative estimate of drug-likeness (QED) is 0.734. The number of hydrogen-bond donors (Lipinski definition) is 0. The first-order valence-corrected chi connectivity index (χ1v) is 8.61. The highest BCUT2D eigenvalue weighted by Gasteiger charge is 2.26. The number of nitrogens with zero attached hydrogens (tertiary/aromatic N) is 4. The van der Waals surface area contributed by atoms with Crippen LogP contribution in [0.2, 0.25) is 0 Å². The number of nitriles is 1. The SMILES string of the molecule is N#Cc1ccccc1N1CCN(Cc2ccnc3ccccc23)CC1=O. The number of carbonyl (C=O) groups excluding carboxylic acids is 1. The van der Waals surface area contributed by atoms with E-state index in [1.54, 1.807) is 11.0 Å². The van der Waals surface area contributed by atoms with Gasteiger partial charge in [0.25, 0.3) is 0 Å². The lowest BCUT2D eigenvalue weighted by Gasteiger charge is -2.34. The number of aromatic nitrogens is 1. The van der Waals surface area contributed by atoms with Gasteiger partial charge >= 0.3 is 0 Å². The lowest BCUT2D eigenvalue weighted by atomic mass is 10.1. The molecular weight excluding hydrogens is 324 g/mol. The van der Waals surface area contributed by atoms with Crippen molar-refractivity contribution >= 4 is 22.5 Å². The van der Waals surface area contributed by atoms with Crippen molar-refractivity contribution in [3.8, 4) is 6.07 Å². The van der Waals surface area contributed by atoms with Crippen LogP contribution in [0, 0.1) is 11.3 Å². The van der Waals surface area contributed by atoms with E-state index in [2.05, 4.69) is 22.0 Å². The van der Waals surface area contributed by atoms with Crippen molar-refractivity contribution < 1.29 is 4.79 Å². The summed E-state index contributed by atoms with van der Waals surface area (Å²) in [4.78, 5) is 21.0. The minimum Gasteiger partial charge on any atom is -0.309 e. The molecular formula is C21H18N4O. The van der Waals surface area contributed by atoms with E-state index in [1.165, 1.54) is 5.56 Å². The molecule has 5 nitrogen and oxygen atoms in total. The van der Waals surface area contributed by atoms with Crippen molar-refractivity contribution in [2.45, 2.75) is 6.54 Å². The second kappa shape index (κ2) is 6.95. The zero-order chi connectivity index (χ0) is 17.9. The van der Waals surface area contributed by atoms with Crippen LogP contribution in [0.15, 0.2) is 60.8 Å². The van der Waals surface area contributed by atoms with Gasteiger partial charge in [-0.25, -0.2) is 0 Å². The molecule has 0 spiro atoms. The lowest BCUT2D eigenvalue weighted by Crippen LogP contribution is -2.50. The molecule has 5 heteroatoms. The molecule has 0 bridgehead atoms. The van der Waals surface area contributed by atoms with E-state index in [0.717, 1.165) is 17.4 Å². The normalized spacial score (nSPS) is 15.2. The Morgan fingerprint density at radius 2 is 1.85 bits per heavy atom. The first-order chi connectivity index (χ1) is 12.8. The van der Waals surface area contributed by atoms with Gasteiger partial charge in [0.1, 0.15) is 6.07 Å². The summed E-state index contributed by atoms with van der Waals surface area (Å²) in [5.41, 5.74) is 3.38. The van der Waals surface area contributed by atoms with E-state index in [4.69, 9.17) is 0 Å². The highest BCUT2D eigenvalue weighted by atomic mass is 16.2. The molecule has 1 aliphatic rings. The van der Waals surface area contributed by atoms with Crippen molar-refractivity contribution in [3.63, 3.8) is 0 Å². The van der Waals surface area contributed by atoms with Gasteiger partial charge < -0.3 is 4.90 Å². The first kappa shape index (κ1) is 16.2. The average molecular weight is 342 g/mol. The van der Waals surface area contributed by atoms with Crippen molar-refractivity contribution in [1.82, 2.24) is 9.88 Å². The Labute approximate surface area is 152 Å². The van der Waals surface area contributed by atoms with Crippen LogP contribution in [-0.4, -0.2) is 35.4 Å². The number of pyridine rings is 1. The Hall–Kier alpha value is -3.23. The minimum atomic E-state index is 0.0253. The lowest BCUT2D eigenvalue weighted by molar-refractivity contribution is -0.121. The highest BCUT2D eigenvalue weighted by molar-refractivity contribution is 5.96. The van der Waals surface area contributed by atoms with Gasteiger partial charge in [0.15, 0.2) is 0 Å². The van der Waals surface area contributed by atoms with Crippen molar-refractivity contribution in [2.24, 2.45) is 0 Å². The van der Waals surface area contributed by atoms with Crippen molar-refractivity contribution in [1.29, 1.82) is 5.26 Å². The molecule has 0 radical (unpaired) electrons. The number of amides is 1. The molecule has 2 heterocycles. The largest absolute Gasteiger partial charge is 0.309 e. The molecule has 0 N–H and O–H groups in total. The summed E-state index contributed by atoms with van der Waals surface area (Å²) in [6.07, 6.45) is 1.82. The second-order valence-corrected chi connectivity index (χ2v) is 6.37. The van der Waals surface area contributed by atoms with E-state index >= 15 is 0 Å². The molecule has 4 rings (SSSR count). The van der Waals surface area contributed by atoms with Crippen LogP contribution < -0.4 is 4.90 Å². The van der Waals surface area contributed by atoms with Gasteiger partial charge in [0.2, 0.25) is 5.91 Å². The maximum absolute atomic E-state index is 12.7. The van der Waals surface area contributed by atoms with Gasteiger partial charge in [-0.1, -0.05) is 30.3 Å². The van der Waals surface area contributed by atoms with E-state index in [0.29, 0.717) is 30.9 Å². The number of hydrogen-bond acceptors (Lipinski definition) is 4. The minimum absolute atomic E-state index is 0.0253. The number of carbonyl (C=O) groups is 1. The molecule has 1 amide bonds. The Balaban J connectivity index is 1.52. The summed E-state index contributed by atoms with van der Waals surface area (Å²) in [6.45, 7) is 2.40. The zero-order valence-electron chi connectivity index (χ0n) is 14.3. The number of piperazine rings is 1. The monoisotopic (exact) mass is 342 g/mol. The third-order valence-electron chi connectivity index (χ3n) is 4.75. The van der Waals surface area contributed by atoms with Crippen molar-refractivity contribution in [2.75, 3.05) is 24.5 Å². The molecule has 0 saturated carbocycles. The fraction of sp³-hybridized carbons (Fsp3) is 0.190. The molecule has 1 aliphatic heterocycles. The Morgan fingerprint density at radius 3 is 2.69 bits per heavy atom. The molecule has 3 aromatic rings. The van der Waals surface area contributed by atoms with Crippen LogP contribution in [0.25, 0.3) is 10.9 Å². The molecule has 128 valence electrons. The van der Waals surface area contributed by atoms with Crippen LogP contribution in [0.3, 0.4) is 0 Å². The number of rotatable bonds is 3. The summed E-state index contributed by atoms with van der Waals surface area (Å²) >= 11 is 0. The maximum atomic E-state index is 12.7. The fourth-order valence-electron chi connectivity index (χ4n) is 3.45. The Morgan fingerprint density at radius 1 is 1.04 bits per heavy atom. The van der Waals surface area contributed by atoms with Gasteiger partial charge in [0, 0.05) is 31.2 Å². The molecule has 1 aromatic heterocycles. The van der Waals surface area contributed by atoms with Crippen LogP contribution >= 0.6 is 0 Å². The molecule has 26 heavy (non-hydrogen) atoms. The van der Waals surface area contributed by atoms with Gasteiger partial charge in [-0.15, -0.1) is 0 Å². The zero-order valence-corrected chi connectivity index (χ0v) is 14.3. The molecule has 1 fully saturated rings. The fourth-order valence-corrected chi connectivity index (χ4v) is 3.45. The topological polar surface area (TPSA) is 60.2 Å². The third kappa shape index (κ3) is 3.03. The Bertz CT molecular complexity index is 1000. The second-order valence-electron chi connectivity index (χ2n) is 6.37. The third-order valence-corrected chi connectivity index (χ3v) is 4.75. The van der Waals surface area contributed by atoms with Gasteiger partial charge in [-0.05, 0) is 29.8 Å². The smallest absolute Gasteiger partial charge is 0.241 e. The Kier molecular flexibility index (Phi) is 4.34. The highest BCUT2D eigenvalue weighted by Crippen LogP contribution is 2.23. The van der Waals surface area contributed by atoms with Crippen LogP contribution in [0.4, 0.5) is 5.69 Å². The van der Waals surface area contributed by atoms with Gasteiger partial charge in [-0.3, -0.25) is 14.7 Å². The maximum Gasteiger partial charge on any atom is 0.241 e. The van der Waals surface area contributed by atoms with Crippen molar-refractivity contribution in [3.05, 3.63) is 71.9 Å². The molecule has 0 unspecified atom stereocenters.